The van der Waals surface area contributed by atoms with Gasteiger partial charge in [-0.05, 0) is 0 Å². The van der Waals surface area contributed by atoms with Crippen LogP contribution in [-0.4, -0.2) is 24.4 Å². The second-order valence-electron chi connectivity index (χ2n) is 5.30. The molecule has 2 aromatic carbocycles. The molecule has 0 saturated heterocycles. The third-order valence-electron chi connectivity index (χ3n) is 3.58. The summed E-state index contributed by atoms with van der Waals surface area (Å²) in [7, 11) is 0. The van der Waals surface area contributed by atoms with Gasteiger partial charge < -0.3 is 0 Å². The molecular weight excluding hydrogens is 393 g/mol. The summed E-state index contributed by atoms with van der Waals surface area (Å²) < 4.78 is 0.756. The van der Waals surface area contributed by atoms with E-state index in [1.165, 1.54) is 12.1 Å². The van der Waals surface area contributed by atoms with Crippen molar-refractivity contribution in [1.29, 1.82) is 5.26 Å². The van der Waals surface area contributed by atoms with Crippen LogP contribution in [0.15, 0.2) is 71.7 Å². The minimum atomic E-state index is -0.430. The van der Waals surface area contributed by atoms with Crippen molar-refractivity contribution in [2.45, 2.75) is 0 Å². The maximum absolute atomic E-state index is 10.7. The van der Waals surface area contributed by atoms with E-state index in [0.717, 1.165) is 21.4 Å². The van der Waals surface area contributed by atoms with Gasteiger partial charge in [-0.3, -0.25) is 0 Å². The molecule has 1 heterocycles. The Morgan fingerprint density at radius 1 is 1.15 bits per heavy atom. The zero-order valence-corrected chi connectivity index (χ0v) is 15.3. The van der Waals surface area contributed by atoms with Gasteiger partial charge in [0.2, 0.25) is 0 Å². The molecule has 126 valence electrons. The Labute approximate surface area is 156 Å². The predicted molar refractivity (Wildman–Crippen MR) is 102 cm³/mol. The van der Waals surface area contributed by atoms with E-state index in [4.69, 9.17) is 0 Å². The summed E-state index contributed by atoms with van der Waals surface area (Å²) in [5.74, 6) is 0. The van der Waals surface area contributed by atoms with Crippen LogP contribution in [0.3, 0.4) is 0 Å². The summed E-state index contributed by atoms with van der Waals surface area (Å²) in [6, 6.07) is 18.3. The minimum absolute atomic E-state index is 0.0424. The van der Waals surface area contributed by atoms with Crippen LogP contribution < -0.4 is 0 Å². The molecule has 5 nitrogen and oxygen atoms in total. The van der Waals surface area contributed by atoms with Gasteiger partial charge in [0.1, 0.15) is 0 Å². The first-order valence-corrected chi connectivity index (χ1v) is 9.56. The molecule has 26 heavy (non-hydrogen) atoms. The van der Waals surface area contributed by atoms with Crippen molar-refractivity contribution in [3.8, 4) is 17.3 Å². The van der Waals surface area contributed by atoms with E-state index in [-0.39, 0.29) is 20.2 Å². The molecule has 1 aromatic heterocycles. The molecule has 0 fully saturated rings. The Kier molecular flexibility index (Phi) is 5.55. The number of nitriles is 1. The number of allylic oxidation sites excluding steroid dienone is 3. The Morgan fingerprint density at radius 3 is 2.54 bits per heavy atom. The van der Waals surface area contributed by atoms with Crippen molar-refractivity contribution in [3.05, 3.63) is 91.9 Å². The molecule has 0 atom stereocenters. The van der Waals surface area contributed by atoms with Crippen molar-refractivity contribution < 1.29 is 4.92 Å². The summed E-state index contributed by atoms with van der Waals surface area (Å²) in [5.41, 5.74) is 3.20. The molecular formula is C20H13N3O2Se. The van der Waals surface area contributed by atoms with Gasteiger partial charge in [-0.15, -0.1) is 0 Å². The van der Waals surface area contributed by atoms with Crippen LogP contribution in [0.25, 0.3) is 22.9 Å². The van der Waals surface area contributed by atoms with Gasteiger partial charge in [-0.1, -0.05) is 0 Å². The zero-order valence-electron chi connectivity index (χ0n) is 13.6. The van der Waals surface area contributed by atoms with E-state index in [9.17, 15) is 15.4 Å². The topological polar surface area (TPSA) is 79.8 Å². The van der Waals surface area contributed by atoms with Gasteiger partial charge in [0.05, 0.1) is 0 Å². The van der Waals surface area contributed by atoms with Crippen LogP contribution in [0.4, 0.5) is 5.69 Å². The van der Waals surface area contributed by atoms with Crippen molar-refractivity contribution in [2.24, 2.45) is 0 Å². The van der Waals surface area contributed by atoms with Gasteiger partial charge in [-0.25, -0.2) is 0 Å². The van der Waals surface area contributed by atoms with Gasteiger partial charge >= 0.3 is 156 Å². The normalized spacial score (nSPS) is 11.4. The van der Waals surface area contributed by atoms with E-state index in [2.05, 4.69) is 11.1 Å². The first-order chi connectivity index (χ1) is 12.7. The van der Waals surface area contributed by atoms with Crippen LogP contribution in [-0.2, 0) is 0 Å². The average Bonchev–Trinajstić information content (AvgIpc) is 3.16. The van der Waals surface area contributed by atoms with E-state index in [1.807, 2.05) is 47.4 Å². The molecule has 0 radical (unpaired) electrons. The number of benzene rings is 2. The summed E-state index contributed by atoms with van der Waals surface area (Å²) in [6.45, 7) is 0. The zero-order chi connectivity index (χ0) is 18.4. The van der Waals surface area contributed by atoms with Crippen molar-refractivity contribution in [1.82, 2.24) is 4.98 Å². The molecule has 0 amide bonds. The number of nitro groups is 1. The monoisotopic (exact) mass is 407 g/mol. The number of hydrogen-bond acceptors (Lipinski definition) is 4. The van der Waals surface area contributed by atoms with Crippen LogP contribution >= 0.6 is 0 Å². The van der Waals surface area contributed by atoms with E-state index < -0.39 is 4.92 Å². The molecule has 0 saturated carbocycles. The van der Waals surface area contributed by atoms with E-state index in [0.29, 0.717) is 5.57 Å². The molecule has 0 N–H and O–H groups in total. The molecule has 6 heteroatoms. The van der Waals surface area contributed by atoms with Crippen LogP contribution in [0.5, 0.6) is 0 Å². The fourth-order valence-corrected chi connectivity index (χ4v) is 3.95. The summed E-state index contributed by atoms with van der Waals surface area (Å²) in [4.78, 5) is 16.8. The third kappa shape index (κ3) is 4.22. The van der Waals surface area contributed by atoms with Crippen molar-refractivity contribution in [3.63, 3.8) is 0 Å². The fraction of sp³-hybridized carbons (Fsp3) is 0. The Bertz CT molecular complexity index is 1010. The van der Waals surface area contributed by atoms with Crippen molar-refractivity contribution >= 4 is 31.8 Å². The molecule has 3 aromatic rings. The molecule has 0 aliphatic rings. The third-order valence-corrected chi connectivity index (χ3v) is 5.42. The van der Waals surface area contributed by atoms with Crippen LogP contribution in [0, 0.1) is 21.4 Å². The second kappa shape index (κ2) is 8.21. The second-order valence-corrected chi connectivity index (χ2v) is 7.10. The number of nitrogens with zero attached hydrogens (tertiary/aromatic N) is 3. The molecule has 3 rings (SSSR count). The number of nitro benzene ring substituents is 1. The van der Waals surface area contributed by atoms with Gasteiger partial charge in [0, 0.05) is 0 Å². The Balaban J connectivity index is 1.80. The van der Waals surface area contributed by atoms with Crippen molar-refractivity contribution in [2.75, 3.05) is 0 Å². The number of hydrogen-bond donors (Lipinski definition) is 0. The predicted octanol–water partition coefficient (Wildman–Crippen LogP) is 4.33. The number of rotatable bonds is 5. The first kappa shape index (κ1) is 17.6. The average molecular weight is 406 g/mol. The molecule has 0 unspecified atom stereocenters. The maximum atomic E-state index is 10.7. The van der Waals surface area contributed by atoms with Crippen LogP contribution in [0.1, 0.15) is 10.1 Å². The fourth-order valence-electron chi connectivity index (χ4n) is 2.26. The van der Waals surface area contributed by atoms with Gasteiger partial charge in [-0.2, -0.15) is 0 Å². The van der Waals surface area contributed by atoms with E-state index >= 15 is 0 Å². The summed E-state index contributed by atoms with van der Waals surface area (Å²) in [5, 5.41) is 20.1. The summed E-state index contributed by atoms with van der Waals surface area (Å²) in [6.07, 6.45) is 5.54. The molecule has 0 spiro atoms. The Morgan fingerprint density at radius 2 is 1.88 bits per heavy atom. The Hall–Kier alpha value is -3.26. The van der Waals surface area contributed by atoms with Gasteiger partial charge in [0.25, 0.3) is 0 Å². The quantitative estimate of drug-likeness (QED) is 0.208. The number of non-ortho nitro benzene ring substituents is 1. The van der Waals surface area contributed by atoms with Crippen LogP contribution in [0.2, 0.25) is 0 Å². The first-order valence-electron chi connectivity index (χ1n) is 7.71. The molecule has 0 aliphatic heterocycles. The number of aromatic nitrogens is 1. The van der Waals surface area contributed by atoms with E-state index in [1.54, 1.807) is 18.2 Å². The SMILES string of the molecule is N#C/C(=C/C=C/c1ccccc1)c1nc(-c2ccc([N+](=O)[O-])cc2)c[se]1. The standard InChI is InChI=1S/C20H13N3O2Se/c21-13-17(8-4-7-15-5-2-1-3-6-15)20-22-19(14-26-20)16-9-11-18(12-10-16)23(24)25/h1-12,14H/b7-4+,17-8-. The van der Waals surface area contributed by atoms with Gasteiger partial charge in [0.15, 0.2) is 0 Å². The molecule has 0 aliphatic carbocycles. The summed E-state index contributed by atoms with van der Waals surface area (Å²) >= 11 is -0.0424. The molecule has 0 bridgehead atoms.